The lowest BCUT2D eigenvalue weighted by molar-refractivity contribution is -0.138. The highest BCUT2D eigenvalue weighted by Crippen LogP contribution is 2.38. The predicted octanol–water partition coefficient (Wildman–Crippen LogP) is 7.10. The van der Waals surface area contributed by atoms with Crippen LogP contribution in [0.3, 0.4) is 0 Å². The van der Waals surface area contributed by atoms with E-state index in [9.17, 15) is 27.6 Å². The molecule has 40 heavy (non-hydrogen) atoms. The molecule has 0 bridgehead atoms. The van der Waals surface area contributed by atoms with Crippen molar-refractivity contribution >= 4 is 23.4 Å². The number of nitriles is 1. The number of hydrogen-bond donors (Lipinski definition) is 1. The van der Waals surface area contributed by atoms with E-state index in [2.05, 4.69) is 10.3 Å². The number of methoxy groups -OCH3 is 1. The summed E-state index contributed by atoms with van der Waals surface area (Å²) in [5.74, 6) is -0.0779. The molecular weight excluding hydrogens is 546 g/mol. The minimum Gasteiger partial charge on any atom is -0.497 e. The number of amides is 1. The zero-order chi connectivity index (χ0) is 28.7. The number of ether oxygens (including phenoxy) is 2. The summed E-state index contributed by atoms with van der Waals surface area (Å²) in [6.45, 7) is 0.173. The average molecular weight is 568 g/mol. The summed E-state index contributed by atoms with van der Waals surface area (Å²) < 4.78 is 65.5. The fourth-order valence-corrected chi connectivity index (χ4v) is 4.38. The molecule has 3 aromatic carbocycles. The number of anilines is 1. The molecule has 0 saturated heterocycles. The maximum absolute atomic E-state index is 13.9. The SMILES string of the molecule is COc1ccc(NC(=O)CSc2nc(-c3ccc(OCc4ccc(F)cc4)cc3)cc(C(F)(F)F)c2C#N)cc1. The third-order valence-corrected chi connectivity index (χ3v) is 6.56. The van der Waals surface area contributed by atoms with Crippen molar-refractivity contribution in [2.45, 2.75) is 17.8 Å². The van der Waals surface area contributed by atoms with Crippen LogP contribution in [0, 0.1) is 17.1 Å². The van der Waals surface area contributed by atoms with Gasteiger partial charge in [0.1, 0.15) is 35.0 Å². The molecule has 1 N–H and O–H groups in total. The van der Waals surface area contributed by atoms with E-state index < -0.39 is 23.2 Å². The Hall–Kier alpha value is -4.56. The molecule has 1 heterocycles. The molecule has 0 aliphatic rings. The largest absolute Gasteiger partial charge is 0.497 e. The summed E-state index contributed by atoms with van der Waals surface area (Å²) in [5.41, 5.74) is -0.242. The van der Waals surface area contributed by atoms with Gasteiger partial charge in [-0.05, 0) is 72.3 Å². The van der Waals surface area contributed by atoms with E-state index in [1.165, 1.54) is 19.2 Å². The van der Waals surface area contributed by atoms with Gasteiger partial charge in [0.2, 0.25) is 5.91 Å². The molecule has 0 spiro atoms. The highest BCUT2D eigenvalue weighted by Gasteiger charge is 2.36. The molecule has 0 atom stereocenters. The third kappa shape index (κ3) is 7.30. The first-order valence-corrected chi connectivity index (χ1v) is 12.7. The van der Waals surface area contributed by atoms with E-state index >= 15 is 0 Å². The Bertz CT molecular complexity index is 1520. The van der Waals surface area contributed by atoms with Crippen LogP contribution in [-0.4, -0.2) is 23.8 Å². The van der Waals surface area contributed by atoms with Crippen molar-refractivity contribution in [1.82, 2.24) is 4.98 Å². The van der Waals surface area contributed by atoms with Crippen LogP contribution in [-0.2, 0) is 17.6 Å². The zero-order valence-electron chi connectivity index (χ0n) is 21.0. The van der Waals surface area contributed by atoms with Gasteiger partial charge in [-0.25, -0.2) is 9.37 Å². The van der Waals surface area contributed by atoms with Gasteiger partial charge in [-0.1, -0.05) is 23.9 Å². The molecular formula is C29H21F4N3O3S. The van der Waals surface area contributed by atoms with Crippen LogP contribution in [0.15, 0.2) is 83.9 Å². The standard InChI is InChI=1S/C29H21F4N3O3S/c1-38-22-12-8-21(9-13-22)35-27(37)17-40-28-24(15-34)25(29(31,32)33)14-26(36-28)19-4-10-23(11-5-19)39-16-18-2-6-20(30)7-3-18/h2-14H,16-17H2,1H3,(H,35,37). The minimum atomic E-state index is -4.82. The van der Waals surface area contributed by atoms with Crippen molar-refractivity contribution in [2.75, 3.05) is 18.2 Å². The second-order valence-corrected chi connectivity index (χ2v) is 9.31. The van der Waals surface area contributed by atoms with Crippen molar-refractivity contribution in [3.8, 4) is 28.8 Å². The molecule has 0 radical (unpaired) electrons. The van der Waals surface area contributed by atoms with Crippen LogP contribution in [0.2, 0.25) is 0 Å². The Kier molecular flexibility index (Phi) is 8.91. The number of rotatable bonds is 9. The lowest BCUT2D eigenvalue weighted by atomic mass is 10.1. The van der Waals surface area contributed by atoms with E-state index in [1.54, 1.807) is 66.7 Å². The number of thioether (sulfide) groups is 1. The summed E-state index contributed by atoms with van der Waals surface area (Å²) in [5, 5.41) is 12.0. The van der Waals surface area contributed by atoms with Crippen LogP contribution in [0.1, 0.15) is 16.7 Å². The number of carbonyl (C=O) groups excluding carboxylic acids is 1. The summed E-state index contributed by atoms with van der Waals surface area (Å²) in [6, 6.07) is 21.0. The number of pyridine rings is 1. The molecule has 6 nitrogen and oxygen atoms in total. The van der Waals surface area contributed by atoms with Crippen molar-refractivity contribution < 1.29 is 31.8 Å². The first-order chi connectivity index (χ1) is 19.2. The quantitative estimate of drug-likeness (QED) is 0.172. The first-order valence-electron chi connectivity index (χ1n) is 11.7. The van der Waals surface area contributed by atoms with Crippen LogP contribution in [0.4, 0.5) is 23.2 Å². The normalized spacial score (nSPS) is 11.0. The van der Waals surface area contributed by atoms with E-state index in [0.29, 0.717) is 22.7 Å². The topological polar surface area (TPSA) is 84.2 Å². The number of nitrogens with one attached hydrogen (secondary N) is 1. The van der Waals surface area contributed by atoms with E-state index in [-0.39, 0.29) is 28.9 Å². The van der Waals surface area contributed by atoms with Crippen molar-refractivity contribution in [3.63, 3.8) is 0 Å². The first kappa shape index (κ1) is 28.4. The molecule has 0 aliphatic carbocycles. The second kappa shape index (κ2) is 12.5. The van der Waals surface area contributed by atoms with Crippen molar-refractivity contribution in [3.05, 3.63) is 101 Å². The van der Waals surface area contributed by atoms with Gasteiger partial charge in [0, 0.05) is 11.3 Å². The van der Waals surface area contributed by atoms with Gasteiger partial charge in [0.15, 0.2) is 0 Å². The van der Waals surface area contributed by atoms with Gasteiger partial charge < -0.3 is 14.8 Å². The number of nitrogens with zero attached hydrogens (tertiary/aromatic N) is 2. The Balaban J connectivity index is 1.53. The second-order valence-electron chi connectivity index (χ2n) is 8.35. The summed E-state index contributed by atoms with van der Waals surface area (Å²) in [4.78, 5) is 16.8. The van der Waals surface area contributed by atoms with Crippen LogP contribution >= 0.6 is 11.8 Å². The van der Waals surface area contributed by atoms with Crippen LogP contribution < -0.4 is 14.8 Å². The molecule has 0 saturated carbocycles. The molecule has 0 fully saturated rings. The Morgan fingerprint density at radius 3 is 2.25 bits per heavy atom. The molecule has 0 aliphatic heterocycles. The summed E-state index contributed by atoms with van der Waals surface area (Å²) in [6.07, 6.45) is -4.82. The molecule has 204 valence electrons. The van der Waals surface area contributed by atoms with Gasteiger partial charge in [0.05, 0.1) is 29.7 Å². The van der Waals surface area contributed by atoms with Gasteiger partial charge in [-0.15, -0.1) is 0 Å². The number of aromatic nitrogens is 1. The Labute approximate surface area is 231 Å². The van der Waals surface area contributed by atoms with E-state index in [4.69, 9.17) is 9.47 Å². The molecule has 4 aromatic rings. The number of alkyl halides is 3. The maximum Gasteiger partial charge on any atom is 0.417 e. The molecule has 4 rings (SSSR count). The van der Waals surface area contributed by atoms with Gasteiger partial charge in [-0.3, -0.25) is 4.79 Å². The van der Waals surface area contributed by atoms with Crippen molar-refractivity contribution in [2.24, 2.45) is 0 Å². The molecule has 1 aromatic heterocycles. The van der Waals surface area contributed by atoms with Gasteiger partial charge in [0.25, 0.3) is 0 Å². The lowest BCUT2D eigenvalue weighted by Crippen LogP contribution is -2.15. The molecule has 1 amide bonds. The number of hydrogen-bond acceptors (Lipinski definition) is 6. The number of halogens is 4. The van der Waals surface area contributed by atoms with E-state index in [0.717, 1.165) is 23.4 Å². The Morgan fingerprint density at radius 1 is 1.00 bits per heavy atom. The monoisotopic (exact) mass is 567 g/mol. The summed E-state index contributed by atoms with van der Waals surface area (Å²) >= 11 is 0.734. The van der Waals surface area contributed by atoms with Crippen molar-refractivity contribution in [1.29, 1.82) is 5.26 Å². The minimum absolute atomic E-state index is 0.0190. The summed E-state index contributed by atoms with van der Waals surface area (Å²) in [7, 11) is 1.51. The number of carbonyl (C=O) groups is 1. The average Bonchev–Trinajstić information content (AvgIpc) is 2.95. The molecule has 0 unspecified atom stereocenters. The maximum atomic E-state index is 13.9. The van der Waals surface area contributed by atoms with Gasteiger partial charge in [-0.2, -0.15) is 18.4 Å². The fourth-order valence-electron chi connectivity index (χ4n) is 3.58. The van der Waals surface area contributed by atoms with Crippen LogP contribution in [0.5, 0.6) is 11.5 Å². The highest BCUT2D eigenvalue weighted by atomic mass is 32.2. The fraction of sp³-hybridized carbons (Fsp3) is 0.138. The third-order valence-electron chi connectivity index (χ3n) is 5.59. The van der Waals surface area contributed by atoms with Gasteiger partial charge >= 0.3 is 6.18 Å². The Morgan fingerprint density at radius 2 is 1.65 bits per heavy atom. The zero-order valence-corrected chi connectivity index (χ0v) is 21.8. The smallest absolute Gasteiger partial charge is 0.417 e. The number of benzene rings is 3. The lowest BCUT2D eigenvalue weighted by Gasteiger charge is -2.14. The predicted molar refractivity (Wildman–Crippen MR) is 142 cm³/mol. The highest BCUT2D eigenvalue weighted by molar-refractivity contribution is 8.00. The molecule has 11 heteroatoms. The van der Waals surface area contributed by atoms with E-state index in [1.807, 2.05) is 0 Å². The van der Waals surface area contributed by atoms with Crippen LogP contribution in [0.25, 0.3) is 11.3 Å².